The van der Waals surface area contributed by atoms with Gasteiger partial charge in [0, 0.05) is 23.0 Å². The van der Waals surface area contributed by atoms with Crippen LogP contribution < -0.4 is 0 Å². The Morgan fingerprint density at radius 3 is 1.24 bits per heavy atom. The van der Waals surface area contributed by atoms with Gasteiger partial charge in [-0.05, 0) is 99.7 Å². The van der Waals surface area contributed by atoms with E-state index in [0.29, 0.717) is 24.7 Å². The molecule has 0 radical (unpaired) electrons. The highest BCUT2D eigenvalue weighted by Gasteiger charge is 2.73. The molecule has 4 aliphatic carbocycles. The zero-order valence-corrected chi connectivity index (χ0v) is 29.6. The van der Waals surface area contributed by atoms with Crippen LogP contribution in [0.25, 0.3) is 0 Å². The molecule has 6 rings (SSSR count). The molecule has 2 aliphatic heterocycles. The molecule has 4 saturated carbocycles. The van der Waals surface area contributed by atoms with Crippen LogP contribution in [0, 0.1) is 33.5 Å². The maximum atomic E-state index is 13.0. The van der Waals surface area contributed by atoms with Crippen molar-refractivity contribution in [1.29, 1.82) is 0 Å². The number of hydrogen-bond donors (Lipinski definition) is 0. The van der Waals surface area contributed by atoms with Gasteiger partial charge in [0.05, 0.1) is 23.6 Å². The predicted molar refractivity (Wildman–Crippen MR) is 180 cm³/mol. The van der Waals surface area contributed by atoms with Gasteiger partial charge in [-0.3, -0.25) is 9.59 Å². The third kappa shape index (κ3) is 5.10. The van der Waals surface area contributed by atoms with E-state index in [1.165, 1.54) is 20.8 Å². The topological polar surface area (TPSA) is 109 Å². The van der Waals surface area contributed by atoms with Crippen LogP contribution in [0.3, 0.4) is 0 Å². The summed E-state index contributed by atoms with van der Waals surface area (Å²) < 4.78 is 54.5. The van der Waals surface area contributed by atoms with Gasteiger partial charge in [0.25, 0.3) is 11.8 Å². The fraction of sp³-hybridized carbons (Fsp3) is 0.722. The number of fused-ring (bicyclic) bond motifs is 2. The summed E-state index contributed by atoms with van der Waals surface area (Å²) in [5, 5.41) is 0. The van der Waals surface area contributed by atoms with Gasteiger partial charge in [-0.15, -0.1) is 0 Å². The van der Waals surface area contributed by atoms with E-state index in [1.807, 2.05) is 0 Å². The Bertz CT molecular complexity index is 1470. The van der Waals surface area contributed by atoms with Gasteiger partial charge in [0.1, 0.15) is 0 Å². The SMILES string of the molecule is CC1(C)[C@H]2CC[C@@]13CS(=O)(=O)N(C(=O)/C=C/CC/C=C/CC/C=C/CC/C=C/C(=O)N1[C@H]4C[C@@H]5CC[C@@]4(CS1(=O)=O)C5(C)C)[C@H]3C2. The molecule has 6 fully saturated rings. The summed E-state index contributed by atoms with van der Waals surface area (Å²) in [6, 6.07) is -0.378. The van der Waals surface area contributed by atoms with Crippen molar-refractivity contribution in [3.8, 4) is 0 Å². The molecule has 46 heavy (non-hydrogen) atoms. The van der Waals surface area contributed by atoms with Gasteiger partial charge >= 0.3 is 0 Å². The number of nitrogens with zero attached hydrogens (tertiary/aromatic N) is 2. The minimum absolute atomic E-state index is 0.0434. The average Bonchev–Trinajstić information content (AvgIpc) is 3.66. The number of amides is 2. The van der Waals surface area contributed by atoms with Crippen molar-refractivity contribution in [3.05, 3.63) is 48.6 Å². The van der Waals surface area contributed by atoms with Crippen LogP contribution in [-0.2, 0) is 29.6 Å². The summed E-state index contributed by atoms with van der Waals surface area (Å²) >= 11 is 0. The molecule has 6 aliphatic rings. The molecular formula is C36H52N2O6S2. The van der Waals surface area contributed by atoms with E-state index in [-0.39, 0.29) is 45.2 Å². The summed E-state index contributed by atoms with van der Waals surface area (Å²) in [4.78, 5) is 26.0. The first-order chi connectivity index (χ1) is 21.6. The van der Waals surface area contributed by atoms with Crippen LogP contribution in [0.15, 0.2) is 48.6 Å². The van der Waals surface area contributed by atoms with Crippen molar-refractivity contribution in [1.82, 2.24) is 8.61 Å². The zero-order valence-electron chi connectivity index (χ0n) is 28.0. The normalized spacial score (nSPS) is 37.5. The molecule has 2 heterocycles. The minimum Gasteiger partial charge on any atom is -0.269 e. The van der Waals surface area contributed by atoms with Crippen molar-refractivity contribution in [2.75, 3.05) is 11.5 Å². The lowest BCUT2D eigenvalue weighted by Crippen LogP contribution is -2.43. The molecule has 2 amide bonds. The van der Waals surface area contributed by atoms with Crippen LogP contribution in [-0.4, -0.2) is 60.8 Å². The monoisotopic (exact) mass is 672 g/mol. The van der Waals surface area contributed by atoms with Gasteiger partial charge in [0.2, 0.25) is 20.0 Å². The Labute approximate surface area is 276 Å². The molecule has 10 heteroatoms. The summed E-state index contributed by atoms with van der Waals surface area (Å²) in [6.45, 7) is 8.75. The lowest BCUT2D eigenvalue weighted by atomic mass is 9.69. The van der Waals surface area contributed by atoms with Crippen molar-refractivity contribution < 1.29 is 26.4 Å². The Morgan fingerprint density at radius 1 is 0.587 bits per heavy atom. The highest BCUT2D eigenvalue weighted by molar-refractivity contribution is 7.90. The Morgan fingerprint density at radius 2 is 0.913 bits per heavy atom. The van der Waals surface area contributed by atoms with Crippen molar-refractivity contribution in [2.24, 2.45) is 33.5 Å². The lowest BCUT2D eigenvalue weighted by molar-refractivity contribution is -0.124. The first-order valence-corrected chi connectivity index (χ1v) is 20.6. The minimum atomic E-state index is -3.58. The average molecular weight is 673 g/mol. The third-order valence-corrected chi connectivity index (χ3v) is 17.4. The number of unbranched alkanes of at least 4 members (excludes halogenated alkanes) is 3. The number of allylic oxidation sites excluding steroid dienone is 6. The number of rotatable bonds is 11. The second-order valence-corrected chi connectivity index (χ2v) is 19.7. The van der Waals surface area contributed by atoms with Crippen molar-refractivity contribution in [2.45, 2.75) is 117 Å². The van der Waals surface area contributed by atoms with E-state index in [0.717, 1.165) is 64.2 Å². The quantitative estimate of drug-likeness (QED) is 0.145. The number of carbonyl (C=O) groups excluding carboxylic acids is 2. The van der Waals surface area contributed by atoms with E-state index in [1.54, 1.807) is 12.2 Å². The molecule has 4 bridgehead atoms. The third-order valence-electron chi connectivity index (χ3n) is 13.6. The molecule has 0 N–H and O–H groups in total. The van der Waals surface area contributed by atoms with Gasteiger partial charge in [-0.25, -0.2) is 25.4 Å². The largest absolute Gasteiger partial charge is 0.269 e. The maximum Gasteiger partial charge on any atom is 0.259 e. The summed E-state index contributed by atoms with van der Waals surface area (Å²) in [6.07, 6.45) is 25.1. The van der Waals surface area contributed by atoms with Crippen molar-refractivity contribution in [3.63, 3.8) is 0 Å². The molecule has 2 saturated heterocycles. The predicted octanol–water partition coefficient (Wildman–Crippen LogP) is 6.29. The fourth-order valence-electron chi connectivity index (χ4n) is 10.7. The van der Waals surface area contributed by atoms with E-state index in [9.17, 15) is 26.4 Å². The van der Waals surface area contributed by atoms with Crippen LogP contribution in [0.4, 0.5) is 0 Å². The second-order valence-electron chi connectivity index (χ2n) is 16.0. The molecule has 0 aromatic carbocycles. The van der Waals surface area contributed by atoms with E-state index in [2.05, 4.69) is 52.0 Å². The van der Waals surface area contributed by atoms with E-state index >= 15 is 0 Å². The Kier molecular flexibility index (Phi) is 8.60. The molecule has 6 atom stereocenters. The molecule has 0 unspecified atom stereocenters. The molecule has 2 spiro atoms. The fourth-order valence-corrected chi connectivity index (χ4v) is 15.7. The van der Waals surface area contributed by atoms with Gasteiger partial charge in [-0.1, -0.05) is 64.2 Å². The number of sulfonamides is 2. The van der Waals surface area contributed by atoms with Crippen molar-refractivity contribution >= 4 is 31.9 Å². The standard InChI is InChI=1S/C36H52N2O6S2/c1-33(2)27-19-21-35(33)25-45(41,42)37(29(35)23-27)31(39)17-15-13-11-9-7-5-6-8-10-12-14-16-18-32(40)38-30-24-28-20-22-36(30,34(28,3)4)26-46(38,43)44/h7-10,15-18,27-30H,5-6,11-14,19-26H2,1-4H3/b9-7+,10-8+,17-15+,18-16+/t27-,28-,29-,30-,35-,36-/m0/s1. The maximum absolute atomic E-state index is 13.0. The van der Waals surface area contributed by atoms with Gasteiger partial charge < -0.3 is 0 Å². The van der Waals surface area contributed by atoms with Crippen LogP contribution >= 0.6 is 0 Å². The van der Waals surface area contributed by atoms with Gasteiger partial charge in [0.15, 0.2) is 0 Å². The number of carbonyl (C=O) groups is 2. The summed E-state index contributed by atoms with van der Waals surface area (Å²) in [5.74, 6) is 0.407. The smallest absolute Gasteiger partial charge is 0.259 e. The molecular weight excluding hydrogens is 621 g/mol. The molecule has 254 valence electrons. The molecule has 0 aromatic heterocycles. The van der Waals surface area contributed by atoms with Gasteiger partial charge in [-0.2, -0.15) is 0 Å². The lowest BCUT2D eigenvalue weighted by Gasteiger charge is -2.36. The molecule has 0 aromatic rings. The molecule has 8 nitrogen and oxygen atoms in total. The second kappa shape index (κ2) is 11.7. The van der Waals surface area contributed by atoms with Crippen LogP contribution in [0.5, 0.6) is 0 Å². The van der Waals surface area contributed by atoms with E-state index in [4.69, 9.17) is 0 Å². The first kappa shape index (κ1) is 33.7. The highest BCUT2D eigenvalue weighted by atomic mass is 32.2. The van der Waals surface area contributed by atoms with Crippen LogP contribution in [0.2, 0.25) is 0 Å². The highest BCUT2D eigenvalue weighted by Crippen LogP contribution is 2.71. The first-order valence-electron chi connectivity index (χ1n) is 17.4. The Balaban J connectivity index is 0.867. The van der Waals surface area contributed by atoms with Crippen LogP contribution in [0.1, 0.15) is 105 Å². The number of hydrogen-bond acceptors (Lipinski definition) is 6. The van der Waals surface area contributed by atoms with E-state index < -0.39 is 31.9 Å². The Hall–Kier alpha value is -2.20. The summed E-state index contributed by atoms with van der Waals surface area (Å²) in [5.41, 5.74) is -0.666. The zero-order chi connectivity index (χ0) is 33.2. The summed E-state index contributed by atoms with van der Waals surface area (Å²) in [7, 11) is -7.16.